The Bertz CT molecular complexity index is 847. The summed E-state index contributed by atoms with van der Waals surface area (Å²) in [5.74, 6) is 1.70. The summed E-state index contributed by atoms with van der Waals surface area (Å²) in [6.07, 6.45) is 2.76. The Hall–Kier alpha value is -2.60. The predicted octanol–water partition coefficient (Wildman–Crippen LogP) is 4.27. The number of benzene rings is 2. The standard InChI is InChI=1S/C20H21N3O2S/c1-14-8-10-16(11-9-14)20-22-18(23-25-20)17(12-13-26-2)21-19(24)15-6-4-3-5-7-15/h3-11,17H,12-13H2,1-2H3,(H,21,24). The quantitative estimate of drug-likeness (QED) is 0.675. The summed E-state index contributed by atoms with van der Waals surface area (Å²) in [6, 6.07) is 16.8. The Balaban J connectivity index is 1.79. The summed E-state index contributed by atoms with van der Waals surface area (Å²) in [5, 5.41) is 7.13. The summed E-state index contributed by atoms with van der Waals surface area (Å²) in [7, 11) is 0. The van der Waals surface area contributed by atoms with Crippen LogP contribution in [0.25, 0.3) is 11.5 Å². The maximum absolute atomic E-state index is 12.5. The molecule has 1 unspecified atom stereocenters. The van der Waals surface area contributed by atoms with E-state index < -0.39 is 0 Å². The van der Waals surface area contributed by atoms with Crippen LogP contribution in [0.3, 0.4) is 0 Å². The fourth-order valence-corrected chi connectivity index (χ4v) is 2.99. The van der Waals surface area contributed by atoms with Crippen molar-refractivity contribution in [1.29, 1.82) is 0 Å². The minimum atomic E-state index is -0.293. The van der Waals surface area contributed by atoms with Gasteiger partial charge in [-0.05, 0) is 49.6 Å². The average molecular weight is 367 g/mol. The van der Waals surface area contributed by atoms with Crippen molar-refractivity contribution in [1.82, 2.24) is 15.5 Å². The molecule has 0 radical (unpaired) electrons. The van der Waals surface area contributed by atoms with Crippen LogP contribution in [-0.2, 0) is 0 Å². The maximum Gasteiger partial charge on any atom is 0.257 e. The third kappa shape index (κ3) is 4.52. The number of thioether (sulfide) groups is 1. The van der Waals surface area contributed by atoms with Gasteiger partial charge in [-0.25, -0.2) is 0 Å². The van der Waals surface area contributed by atoms with E-state index in [0.29, 0.717) is 17.3 Å². The highest BCUT2D eigenvalue weighted by Crippen LogP contribution is 2.22. The molecule has 1 aromatic heterocycles. The lowest BCUT2D eigenvalue weighted by molar-refractivity contribution is 0.0933. The van der Waals surface area contributed by atoms with E-state index >= 15 is 0 Å². The summed E-state index contributed by atoms with van der Waals surface area (Å²) in [4.78, 5) is 17.0. The highest BCUT2D eigenvalue weighted by atomic mass is 32.2. The normalized spacial score (nSPS) is 11.9. The van der Waals surface area contributed by atoms with Crippen molar-refractivity contribution in [2.24, 2.45) is 0 Å². The highest BCUT2D eigenvalue weighted by Gasteiger charge is 2.21. The topological polar surface area (TPSA) is 68.0 Å². The number of rotatable bonds is 7. The number of nitrogens with one attached hydrogen (secondary N) is 1. The van der Waals surface area contributed by atoms with E-state index in [-0.39, 0.29) is 11.9 Å². The fraction of sp³-hybridized carbons (Fsp3) is 0.250. The lowest BCUT2D eigenvalue weighted by Crippen LogP contribution is -2.29. The lowest BCUT2D eigenvalue weighted by Gasteiger charge is -2.14. The van der Waals surface area contributed by atoms with E-state index in [4.69, 9.17) is 4.52 Å². The molecule has 0 saturated heterocycles. The molecule has 1 heterocycles. The van der Waals surface area contributed by atoms with Crippen molar-refractivity contribution in [3.05, 3.63) is 71.5 Å². The van der Waals surface area contributed by atoms with E-state index in [0.717, 1.165) is 17.7 Å². The number of amides is 1. The molecule has 3 aromatic rings. The molecule has 0 aliphatic carbocycles. The fourth-order valence-electron chi connectivity index (χ4n) is 2.52. The molecule has 6 heteroatoms. The third-order valence-corrected chi connectivity index (χ3v) is 4.65. The zero-order valence-corrected chi connectivity index (χ0v) is 15.6. The smallest absolute Gasteiger partial charge is 0.257 e. The predicted molar refractivity (Wildman–Crippen MR) is 104 cm³/mol. The highest BCUT2D eigenvalue weighted by molar-refractivity contribution is 7.98. The number of nitrogens with zero attached hydrogens (tertiary/aromatic N) is 2. The van der Waals surface area contributed by atoms with Crippen LogP contribution in [0, 0.1) is 6.92 Å². The van der Waals surface area contributed by atoms with E-state index in [1.807, 2.05) is 55.6 Å². The third-order valence-electron chi connectivity index (χ3n) is 4.00. The Kier molecular flexibility index (Phi) is 6.07. The second-order valence-electron chi connectivity index (χ2n) is 6.00. The molecule has 0 bridgehead atoms. The molecule has 0 spiro atoms. The van der Waals surface area contributed by atoms with Crippen molar-refractivity contribution in [3.63, 3.8) is 0 Å². The second-order valence-corrected chi connectivity index (χ2v) is 6.98. The summed E-state index contributed by atoms with van der Waals surface area (Å²) in [5.41, 5.74) is 2.65. The van der Waals surface area contributed by atoms with Gasteiger partial charge in [0, 0.05) is 11.1 Å². The lowest BCUT2D eigenvalue weighted by atomic mass is 10.1. The van der Waals surface area contributed by atoms with Crippen molar-refractivity contribution >= 4 is 17.7 Å². The molecule has 1 N–H and O–H groups in total. The molecule has 5 nitrogen and oxygen atoms in total. The number of aromatic nitrogens is 2. The number of hydrogen-bond donors (Lipinski definition) is 1. The monoisotopic (exact) mass is 367 g/mol. The number of carbonyl (C=O) groups excluding carboxylic acids is 1. The van der Waals surface area contributed by atoms with Crippen LogP contribution < -0.4 is 5.32 Å². The van der Waals surface area contributed by atoms with Crippen LogP contribution in [-0.4, -0.2) is 28.1 Å². The van der Waals surface area contributed by atoms with Gasteiger partial charge in [-0.15, -0.1) is 0 Å². The van der Waals surface area contributed by atoms with Crippen LogP contribution in [0.5, 0.6) is 0 Å². The van der Waals surface area contributed by atoms with Gasteiger partial charge in [0.15, 0.2) is 5.82 Å². The summed E-state index contributed by atoms with van der Waals surface area (Å²) < 4.78 is 5.42. The first-order chi connectivity index (χ1) is 12.7. The molecule has 0 aliphatic rings. The number of hydrogen-bond acceptors (Lipinski definition) is 5. The zero-order chi connectivity index (χ0) is 18.4. The van der Waals surface area contributed by atoms with Crippen LogP contribution in [0.15, 0.2) is 59.1 Å². The van der Waals surface area contributed by atoms with Gasteiger partial charge in [0.2, 0.25) is 0 Å². The van der Waals surface area contributed by atoms with Gasteiger partial charge in [-0.3, -0.25) is 4.79 Å². The first-order valence-corrected chi connectivity index (χ1v) is 9.82. The van der Waals surface area contributed by atoms with Gasteiger partial charge in [0.25, 0.3) is 11.8 Å². The van der Waals surface area contributed by atoms with E-state index in [1.54, 1.807) is 23.9 Å². The Morgan fingerprint density at radius 2 is 1.88 bits per heavy atom. The van der Waals surface area contributed by atoms with Crippen molar-refractivity contribution < 1.29 is 9.32 Å². The maximum atomic E-state index is 12.5. The van der Waals surface area contributed by atoms with E-state index in [1.165, 1.54) is 5.56 Å². The molecule has 3 rings (SSSR count). The SMILES string of the molecule is CSCCC(NC(=O)c1ccccc1)c1noc(-c2ccc(C)cc2)n1. The van der Waals surface area contributed by atoms with Gasteiger partial charge in [0.1, 0.15) is 0 Å². The first-order valence-electron chi connectivity index (χ1n) is 8.43. The molecule has 2 aromatic carbocycles. The Morgan fingerprint density at radius 3 is 2.58 bits per heavy atom. The van der Waals surface area contributed by atoms with Crippen LogP contribution in [0.1, 0.15) is 34.2 Å². The van der Waals surface area contributed by atoms with Gasteiger partial charge >= 0.3 is 0 Å². The molecular weight excluding hydrogens is 346 g/mol. The van der Waals surface area contributed by atoms with E-state index in [2.05, 4.69) is 15.5 Å². The van der Waals surface area contributed by atoms with Crippen LogP contribution in [0.2, 0.25) is 0 Å². The molecule has 1 atom stereocenters. The minimum absolute atomic E-state index is 0.140. The molecular formula is C20H21N3O2S. The molecule has 0 fully saturated rings. The average Bonchev–Trinajstić information content (AvgIpc) is 3.16. The van der Waals surface area contributed by atoms with Gasteiger partial charge in [0.05, 0.1) is 6.04 Å². The molecule has 1 amide bonds. The molecule has 0 saturated carbocycles. The van der Waals surface area contributed by atoms with Crippen molar-refractivity contribution in [2.75, 3.05) is 12.0 Å². The Labute approximate surface area is 157 Å². The minimum Gasteiger partial charge on any atom is -0.342 e. The van der Waals surface area contributed by atoms with Crippen LogP contribution in [0.4, 0.5) is 0 Å². The number of carbonyl (C=O) groups is 1. The Morgan fingerprint density at radius 1 is 1.15 bits per heavy atom. The van der Waals surface area contributed by atoms with E-state index in [9.17, 15) is 4.79 Å². The van der Waals surface area contributed by atoms with Gasteiger partial charge in [-0.2, -0.15) is 16.7 Å². The number of aryl methyl sites for hydroxylation is 1. The van der Waals surface area contributed by atoms with Gasteiger partial charge < -0.3 is 9.84 Å². The largest absolute Gasteiger partial charge is 0.342 e. The summed E-state index contributed by atoms with van der Waals surface area (Å²) >= 11 is 1.71. The zero-order valence-electron chi connectivity index (χ0n) is 14.8. The molecule has 134 valence electrons. The second kappa shape index (κ2) is 8.67. The molecule has 26 heavy (non-hydrogen) atoms. The van der Waals surface area contributed by atoms with Gasteiger partial charge in [-0.1, -0.05) is 41.1 Å². The summed E-state index contributed by atoms with van der Waals surface area (Å²) in [6.45, 7) is 2.03. The molecule has 0 aliphatic heterocycles. The van der Waals surface area contributed by atoms with Crippen molar-refractivity contribution in [2.45, 2.75) is 19.4 Å². The van der Waals surface area contributed by atoms with Crippen molar-refractivity contribution in [3.8, 4) is 11.5 Å². The van der Waals surface area contributed by atoms with Crippen LogP contribution >= 0.6 is 11.8 Å². The first kappa shape index (κ1) is 18.2.